The Hall–Kier alpha value is -1.89. The molecule has 2 atom stereocenters. The highest BCUT2D eigenvalue weighted by Crippen LogP contribution is 2.40. The summed E-state index contributed by atoms with van der Waals surface area (Å²) in [5.74, 6) is -0.237. The van der Waals surface area contributed by atoms with E-state index >= 15 is 0 Å². The molecule has 20 heavy (non-hydrogen) atoms. The van der Waals surface area contributed by atoms with Crippen LogP contribution in [0.1, 0.15) is 41.9 Å². The number of ether oxygens (including phenoxy) is 1. The fourth-order valence-corrected chi connectivity index (χ4v) is 2.37. The number of carboxylic acids is 1. The Morgan fingerprint density at radius 1 is 1.40 bits per heavy atom. The van der Waals surface area contributed by atoms with Gasteiger partial charge in [0.2, 0.25) is 0 Å². The lowest BCUT2D eigenvalue weighted by molar-refractivity contribution is -0.160. The van der Waals surface area contributed by atoms with Gasteiger partial charge in [0, 0.05) is 18.5 Å². The van der Waals surface area contributed by atoms with E-state index < -0.39 is 12.1 Å². The molecule has 7 heteroatoms. The molecule has 1 unspecified atom stereocenters. The SMILES string of the molecule is C[C@@H]1CN(C(=O)c2cc(C3CC3)on2)CC(C(=O)O)O1. The molecule has 0 aromatic carbocycles. The average molecular weight is 280 g/mol. The quantitative estimate of drug-likeness (QED) is 0.883. The van der Waals surface area contributed by atoms with Crippen LogP contribution < -0.4 is 0 Å². The maximum Gasteiger partial charge on any atom is 0.334 e. The Kier molecular flexibility index (Phi) is 3.21. The Labute approximate surface area is 115 Å². The van der Waals surface area contributed by atoms with Crippen molar-refractivity contribution in [2.75, 3.05) is 13.1 Å². The first kappa shape index (κ1) is 13.1. The molecule has 2 fully saturated rings. The minimum Gasteiger partial charge on any atom is -0.479 e. The van der Waals surface area contributed by atoms with Gasteiger partial charge in [0.05, 0.1) is 12.6 Å². The number of hydrogen-bond acceptors (Lipinski definition) is 5. The number of aromatic nitrogens is 1. The van der Waals surface area contributed by atoms with Crippen LogP contribution in [0.5, 0.6) is 0 Å². The second-order valence-electron chi connectivity index (χ2n) is 5.37. The van der Waals surface area contributed by atoms with Gasteiger partial charge in [-0.2, -0.15) is 0 Å². The maximum atomic E-state index is 12.3. The number of amides is 1. The van der Waals surface area contributed by atoms with Gasteiger partial charge in [0.25, 0.3) is 5.91 Å². The van der Waals surface area contributed by atoms with Gasteiger partial charge in [-0.3, -0.25) is 4.79 Å². The van der Waals surface area contributed by atoms with Gasteiger partial charge < -0.3 is 19.3 Å². The van der Waals surface area contributed by atoms with Crippen molar-refractivity contribution >= 4 is 11.9 Å². The zero-order chi connectivity index (χ0) is 14.3. The number of carbonyl (C=O) groups is 2. The topological polar surface area (TPSA) is 92.9 Å². The van der Waals surface area contributed by atoms with E-state index in [0.717, 1.165) is 18.6 Å². The molecule has 2 heterocycles. The van der Waals surface area contributed by atoms with Gasteiger partial charge >= 0.3 is 5.97 Å². The zero-order valence-corrected chi connectivity index (χ0v) is 11.1. The molecule has 1 aromatic rings. The molecule has 108 valence electrons. The van der Waals surface area contributed by atoms with Crippen LogP contribution in [0.15, 0.2) is 10.6 Å². The van der Waals surface area contributed by atoms with Gasteiger partial charge in [0.1, 0.15) is 5.76 Å². The third kappa shape index (κ3) is 2.53. The lowest BCUT2D eigenvalue weighted by atomic mass is 10.2. The van der Waals surface area contributed by atoms with Crippen molar-refractivity contribution in [3.8, 4) is 0 Å². The fraction of sp³-hybridized carbons (Fsp3) is 0.615. The molecule has 3 rings (SSSR count). The molecule has 7 nitrogen and oxygen atoms in total. The van der Waals surface area contributed by atoms with Crippen molar-refractivity contribution in [3.05, 3.63) is 17.5 Å². The van der Waals surface area contributed by atoms with Crippen LogP contribution in [0.3, 0.4) is 0 Å². The molecule has 1 N–H and O–H groups in total. The number of carboxylic acid groups (broad SMARTS) is 1. The van der Waals surface area contributed by atoms with E-state index in [-0.39, 0.29) is 24.2 Å². The summed E-state index contributed by atoms with van der Waals surface area (Å²) in [6, 6.07) is 1.66. The number of aliphatic carboxylic acids is 1. The molecule has 1 aliphatic heterocycles. The molecular formula is C13H16N2O5. The Bertz CT molecular complexity index is 537. The summed E-state index contributed by atoms with van der Waals surface area (Å²) in [5.41, 5.74) is 0.241. The standard InChI is InChI=1S/C13H16N2O5/c1-7-5-15(6-11(19-7)13(17)18)12(16)9-4-10(20-14-9)8-2-3-8/h4,7-8,11H,2-3,5-6H2,1H3,(H,17,18)/t7-,11?/m1/s1. The monoisotopic (exact) mass is 280 g/mol. The highest BCUT2D eigenvalue weighted by molar-refractivity contribution is 5.92. The van der Waals surface area contributed by atoms with Crippen LogP contribution in [0.2, 0.25) is 0 Å². The van der Waals surface area contributed by atoms with Gasteiger partial charge in [-0.25, -0.2) is 4.79 Å². The van der Waals surface area contributed by atoms with Crippen LogP contribution in [0, 0.1) is 0 Å². The highest BCUT2D eigenvalue weighted by atomic mass is 16.5. The molecule has 0 radical (unpaired) electrons. The van der Waals surface area contributed by atoms with E-state index in [1.165, 1.54) is 4.90 Å². The molecule has 1 saturated heterocycles. The van der Waals surface area contributed by atoms with E-state index in [0.29, 0.717) is 12.5 Å². The molecule has 0 spiro atoms. The van der Waals surface area contributed by atoms with E-state index in [1.54, 1.807) is 13.0 Å². The van der Waals surface area contributed by atoms with Gasteiger partial charge in [-0.1, -0.05) is 5.16 Å². The summed E-state index contributed by atoms with van der Waals surface area (Å²) in [5, 5.41) is 12.8. The number of carbonyl (C=O) groups excluding carboxylic acids is 1. The van der Waals surface area contributed by atoms with E-state index in [9.17, 15) is 9.59 Å². The van der Waals surface area contributed by atoms with E-state index in [2.05, 4.69) is 5.16 Å². The summed E-state index contributed by atoms with van der Waals surface area (Å²) in [6.07, 6.45) is 0.831. The smallest absolute Gasteiger partial charge is 0.334 e. The predicted octanol–water partition coefficient (Wildman–Crippen LogP) is 0.866. The Balaban J connectivity index is 1.72. The van der Waals surface area contributed by atoms with Crippen LogP contribution >= 0.6 is 0 Å². The Morgan fingerprint density at radius 2 is 2.15 bits per heavy atom. The fourth-order valence-electron chi connectivity index (χ4n) is 2.37. The molecule has 2 aliphatic rings. The first-order chi connectivity index (χ1) is 9.54. The van der Waals surface area contributed by atoms with Crippen LogP contribution in [-0.2, 0) is 9.53 Å². The summed E-state index contributed by atoms with van der Waals surface area (Å²) < 4.78 is 10.4. The zero-order valence-electron chi connectivity index (χ0n) is 11.1. The Morgan fingerprint density at radius 3 is 2.80 bits per heavy atom. The molecular weight excluding hydrogens is 264 g/mol. The highest BCUT2D eigenvalue weighted by Gasteiger charge is 2.35. The predicted molar refractivity (Wildman–Crippen MR) is 66.4 cm³/mol. The van der Waals surface area contributed by atoms with Crippen molar-refractivity contribution in [1.29, 1.82) is 0 Å². The van der Waals surface area contributed by atoms with Crippen LogP contribution in [0.4, 0.5) is 0 Å². The largest absolute Gasteiger partial charge is 0.479 e. The molecule has 1 aromatic heterocycles. The normalized spacial score (nSPS) is 26.6. The lowest BCUT2D eigenvalue weighted by Gasteiger charge is -2.34. The molecule has 1 amide bonds. The number of rotatable bonds is 3. The summed E-state index contributed by atoms with van der Waals surface area (Å²) in [6.45, 7) is 2.13. The second kappa shape index (κ2) is 4.90. The maximum absolute atomic E-state index is 12.3. The van der Waals surface area contributed by atoms with Crippen molar-refractivity contribution in [3.63, 3.8) is 0 Å². The molecule has 1 saturated carbocycles. The molecule has 0 bridgehead atoms. The number of nitrogens with zero attached hydrogens (tertiary/aromatic N) is 2. The van der Waals surface area contributed by atoms with Crippen molar-refractivity contribution in [2.45, 2.75) is 37.9 Å². The number of morpholine rings is 1. The lowest BCUT2D eigenvalue weighted by Crippen LogP contribution is -2.51. The average Bonchev–Trinajstić information content (AvgIpc) is 3.15. The summed E-state index contributed by atoms with van der Waals surface area (Å²) in [4.78, 5) is 24.8. The third-order valence-electron chi connectivity index (χ3n) is 3.55. The van der Waals surface area contributed by atoms with Gasteiger partial charge in [0.15, 0.2) is 11.8 Å². The summed E-state index contributed by atoms with van der Waals surface area (Å²) in [7, 11) is 0. The van der Waals surface area contributed by atoms with Crippen molar-refractivity contribution in [1.82, 2.24) is 10.1 Å². The van der Waals surface area contributed by atoms with Crippen LogP contribution in [0.25, 0.3) is 0 Å². The number of hydrogen-bond donors (Lipinski definition) is 1. The first-order valence-electron chi connectivity index (χ1n) is 6.68. The van der Waals surface area contributed by atoms with E-state index in [4.69, 9.17) is 14.4 Å². The minimum atomic E-state index is -1.06. The second-order valence-corrected chi connectivity index (χ2v) is 5.37. The summed E-state index contributed by atoms with van der Waals surface area (Å²) >= 11 is 0. The van der Waals surface area contributed by atoms with Gasteiger partial charge in [-0.05, 0) is 19.8 Å². The minimum absolute atomic E-state index is 0.0319. The van der Waals surface area contributed by atoms with Crippen molar-refractivity contribution < 1.29 is 24.0 Å². The third-order valence-corrected chi connectivity index (χ3v) is 3.55. The van der Waals surface area contributed by atoms with Crippen LogP contribution in [-0.4, -0.2) is 52.3 Å². The van der Waals surface area contributed by atoms with E-state index in [1.807, 2.05) is 0 Å². The van der Waals surface area contributed by atoms with Crippen molar-refractivity contribution in [2.24, 2.45) is 0 Å². The molecule has 1 aliphatic carbocycles. The first-order valence-corrected chi connectivity index (χ1v) is 6.68. The van der Waals surface area contributed by atoms with Gasteiger partial charge in [-0.15, -0.1) is 0 Å².